The first-order valence-electron chi connectivity index (χ1n) is 36.0. The van der Waals surface area contributed by atoms with E-state index < -0.39 is 120 Å². The summed E-state index contributed by atoms with van der Waals surface area (Å²) in [4.78, 5) is 113. The molecule has 4 atom stereocenters. The molecule has 0 saturated carbocycles. The van der Waals surface area contributed by atoms with Crippen LogP contribution in [0.5, 0.6) is 23.0 Å². The summed E-state index contributed by atoms with van der Waals surface area (Å²) >= 11 is 0. The maximum absolute atomic E-state index is 14.7. The second-order valence-corrected chi connectivity index (χ2v) is 31.1. The molecule has 0 aromatic heterocycles. The molecule has 0 saturated heterocycles. The van der Waals surface area contributed by atoms with Crippen LogP contribution < -0.4 is 40.2 Å². The molecule has 1 aliphatic carbocycles. The quantitative estimate of drug-likeness (QED) is 0.0324. The van der Waals surface area contributed by atoms with Crippen molar-refractivity contribution in [3.05, 3.63) is 259 Å². The molecule has 8 bridgehead atoms. The van der Waals surface area contributed by atoms with Crippen molar-refractivity contribution >= 4 is 47.5 Å². The smallest absolute Gasteiger partial charge is 0.333 e. The van der Waals surface area contributed by atoms with Gasteiger partial charge < -0.3 is 59.2 Å². The summed E-state index contributed by atoms with van der Waals surface area (Å²) in [7, 11) is 4.97. The molecular weight excluding hydrogens is 1370 g/mol. The zero-order valence-electron chi connectivity index (χ0n) is 64.7. The van der Waals surface area contributed by atoms with Crippen molar-refractivity contribution in [2.24, 2.45) is 0 Å². The third-order valence-electron chi connectivity index (χ3n) is 18.8. The first-order chi connectivity index (χ1) is 51.2. The lowest BCUT2D eigenvalue weighted by molar-refractivity contribution is -0.145. The van der Waals surface area contributed by atoms with Crippen LogP contribution in [0.4, 0.5) is 0 Å². The molecular formula is C88H100N4O16. The molecule has 0 aliphatic heterocycles. The first-order valence-corrected chi connectivity index (χ1v) is 36.0. The van der Waals surface area contributed by atoms with Crippen LogP contribution in [0, 0.1) is 0 Å². The lowest BCUT2D eigenvalue weighted by Crippen LogP contribution is -2.37. The number of carbonyl (C=O) groups is 8. The Morgan fingerprint density at radius 3 is 0.574 bits per heavy atom. The number of hydrogen-bond acceptors (Lipinski definition) is 16. The van der Waals surface area contributed by atoms with E-state index in [1.54, 1.807) is 121 Å². The van der Waals surface area contributed by atoms with Gasteiger partial charge in [-0.1, -0.05) is 253 Å². The molecule has 568 valence electrons. The van der Waals surface area contributed by atoms with Crippen LogP contribution in [0.2, 0.25) is 0 Å². The Bertz CT molecular complexity index is 3900. The van der Waals surface area contributed by atoms with Crippen molar-refractivity contribution in [2.75, 3.05) is 54.9 Å². The topological polar surface area (TPSA) is 259 Å². The number of ether oxygens (including phenoxy) is 8. The van der Waals surface area contributed by atoms with Crippen molar-refractivity contribution in [2.45, 2.75) is 155 Å². The number of amides is 4. The van der Waals surface area contributed by atoms with Crippen molar-refractivity contribution < 1.29 is 76.3 Å². The van der Waals surface area contributed by atoms with E-state index in [0.717, 1.165) is 22.3 Å². The number of hydrogen-bond donors (Lipinski definition) is 4. The Hall–Kier alpha value is -11.3. The summed E-state index contributed by atoms with van der Waals surface area (Å²) in [5, 5.41) is 11.4. The Morgan fingerprint density at radius 1 is 0.278 bits per heavy atom. The van der Waals surface area contributed by atoms with E-state index in [4.69, 9.17) is 37.9 Å². The van der Waals surface area contributed by atoms with Gasteiger partial charge in [0.15, 0.2) is 50.6 Å². The number of methoxy groups -OCH3 is 4. The second kappa shape index (κ2) is 35.0. The zero-order chi connectivity index (χ0) is 78.4. The fourth-order valence-corrected chi connectivity index (χ4v) is 12.9. The average Bonchev–Trinajstić information content (AvgIpc) is 0.760. The molecule has 1 aliphatic rings. The number of benzene rings is 8. The van der Waals surface area contributed by atoms with E-state index >= 15 is 0 Å². The van der Waals surface area contributed by atoms with Gasteiger partial charge in [0, 0.05) is 25.7 Å². The minimum atomic E-state index is -1.20. The minimum Gasteiger partial charge on any atom is -0.483 e. The van der Waals surface area contributed by atoms with E-state index in [0.29, 0.717) is 89.8 Å². The Labute approximate surface area is 633 Å². The van der Waals surface area contributed by atoms with Crippen molar-refractivity contribution in [1.29, 1.82) is 0 Å². The highest BCUT2D eigenvalue weighted by Gasteiger charge is 2.34. The lowest BCUT2D eigenvalue weighted by atomic mass is 9.79. The highest BCUT2D eigenvalue weighted by atomic mass is 16.5. The summed E-state index contributed by atoms with van der Waals surface area (Å²) in [6.07, 6.45) is 0.129. The molecule has 20 heteroatoms. The first kappa shape index (κ1) is 80.8. The van der Waals surface area contributed by atoms with E-state index in [2.05, 4.69) is 104 Å². The Kier molecular flexibility index (Phi) is 26.2. The van der Waals surface area contributed by atoms with Crippen LogP contribution in [0.3, 0.4) is 0 Å². The van der Waals surface area contributed by atoms with Crippen molar-refractivity contribution in [3.8, 4) is 23.0 Å². The van der Waals surface area contributed by atoms with Gasteiger partial charge in [0.2, 0.25) is 0 Å². The molecule has 4 unspecified atom stereocenters. The van der Waals surface area contributed by atoms with Gasteiger partial charge in [0.1, 0.15) is 23.0 Å². The van der Waals surface area contributed by atoms with Gasteiger partial charge in [-0.05, 0) is 111 Å². The molecule has 4 N–H and O–H groups in total. The number of rotatable bonds is 24. The van der Waals surface area contributed by atoms with E-state index in [1.807, 2.05) is 48.5 Å². The van der Waals surface area contributed by atoms with Gasteiger partial charge in [-0.2, -0.15) is 0 Å². The zero-order valence-corrected chi connectivity index (χ0v) is 64.7. The molecule has 8 aromatic rings. The maximum atomic E-state index is 14.7. The van der Waals surface area contributed by atoms with Crippen LogP contribution in [0.25, 0.3) is 0 Å². The minimum absolute atomic E-state index is 0.0323. The Balaban J connectivity index is 1.34. The fraction of sp³-hybridized carbons (Fsp3) is 0.364. The molecule has 9 rings (SSSR count). The van der Waals surface area contributed by atoms with E-state index in [1.165, 1.54) is 28.4 Å². The van der Waals surface area contributed by atoms with E-state index in [9.17, 15) is 38.4 Å². The summed E-state index contributed by atoms with van der Waals surface area (Å²) in [5.41, 5.74) is 7.85. The number of nitrogens with one attached hydrogen (secondary N) is 4. The van der Waals surface area contributed by atoms with Crippen LogP contribution in [-0.2, 0) is 105 Å². The molecule has 0 heterocycles. The summed E-state index contributed by atoms with van der Waals surface area (Å²) in [6, 6.07) is 46.3. The fourth-order valence-electron chi connectivity index (χ4n) is 12.9. The highest BCUT2D eigenvalue weighted by Crippen LogP contribution is 2.45. The van der Waals surface area contributed by atoms with Crippen molar-refractivity contribution in [3.63, 3.8) is 0 Å². The third-order valence-corrected chi connectivity index (χ3v) is 18.8. The lowest BCUT2D eigenvalue weighted by Gasteiger charge is -2.29. The van der Waals surface area contributed by atoms with Crippen LogP contribution >= 0.6 is 0 Å². The molecule has 108 heavy (non-hydrogen) atoms. The standard InChI is InChI=1S/C88H100N4O16/c1-85(2,3)65-41-57-37-59-43-66(86(4,5)6)45-61(78(59)106-50-70(94)90-74(82(98)102-14)54-31-23-18-24-32-54)39-63-47-68(88(10,11)12)48-64(80(63)108-52-72(96)92-76(84(100)104-16)56-35-27-20-28-36-56)40-62-46-67(87(7,8)9)44-60(79(62)107-51-71(95)91-75(83(99)103-15)55-33-25-19-26-34-55)38-58(42-65)77(57)105-49-69(93)89-73(81(97)101-13)53-29-21-17-22-30-53/h17-36,41-48,73-76H,37-40,49-52H2,1-16H3,(H,89,93)(H,90,94)(H,91,95)(H,92,96). The second-order valence-electron chi connectivity index (χ2n) is 31.1. The largest absolute Gasteiger partial charge is 0.483 e. The van der Waals surface area contributed by atoms with Crippen LogP contribution in [-0.4, -0.2) is 102 Å². The Morgan fingerprint density at radius 2 is 0.435 bits per heavy atom. The number of carbonyl (C=O) groups excluding carboxylic acids is 8. The summed E-state index contributed by atoms with van der Waals surface area (Å²) in [5.74, 6) is -4.26. The third kappa shape index (κ3) is 20.7. The van der Waals surface area contributed by atoms with Gasteiger partial charge in [0.25, 0.3) is 23.6 Å². The maximum Gasteiger partial charge on any atom is 0.333 e. The highest BCUT2D eigenvalue weighted by molar-refractivity contribution is 5.89. The number of fused-ring (bicyclic) bond motifs is 8. The molecule has 20 nitrogen and oxygen atoms in total. The molecule has 0 fully saturated rings. The normalized spacial score (nSPS) is 13.3. The molecule has 0 spiro atoms. The number of esters is 4. The van der Waals surface area contributed by atoms with Gasteiger partial charge in [-0.3, -0.25) is 19.2 Å². The predicted octanol–water partition coefficient (Wildman–Crippen LogP) is 13.2. The van der Waals surface area contributed by atoms with E-state index in [-0.39, 0.29) is 25.7 Å². The predicted molar refractivity (Wildman–Crippen MR) is 411 cm³/mol. The SMILES string of the molecule is COC(=O)C(NC(=O)COc1c2cc(C(C)(C)C)cc1Cc1cc(C(C)(C)C)cc(c1OCC(=O)NC(C(=O)OC)c1ccccc1)Cc1cc(C(C)(C)C)cc(c1OCC(=O)NC(C(=O)OC)c1ccccc1)Cc1cc(C(C)(C)C)cc(c1OCC(=O)NC(C(=O)OC)c1ccccc1)C2)c1ccccc1. The monoisotopic (exact) mass is 1470 g/mol. The van der Waals surface area contributed by atoms with Crippen LogP contribution in [0.15, 0.2) is 170 Å². The summed E-state index contributed by atoms with van der Waals surface area (Å²) in [6.45, 7) is 22.6. The molecule has 4 amide bonds. The summed E-state index contributed by atoms with van der Waals surface area (Å²) < 4.78 is 48.9. The van der Waals surface area contributed by atoms with Gasteiger partial charge in [0.05, 0.1) is 28.4 Å². The molecule has 0 radical (unpaired) electrons. The average molecular weight is 1470 g/mol. The molecule has 8 aromatic carbocycles. The van der Waals surface area contributed by atoms with Gasteiger partial charge >= 0.3 is 23.9 Å². The van der Waals surface area contributed by atoms with Crippen LogP contribution in [0.1, 0.15) is 196 Å². The van der Waals surface area contributed by atoms with Crippen molar-refractivity contribution in [1.82, 2.24) is 21.3 Å². The van der Waals surface area contributed by atoms with Gasteiger partial charge in [-0.25, -0.2) is 19.2 Å². The van der Waals surface area contributed by atoms with Gasteiger partial charge in [-0.15, -0.1) is 0 Å².